The van der Waals surface area contributed by atoms with E-state index in [1.165, 1.54) is 11.0 Å². The predicted molar refractivity (Wildman–Crippen MR) is 77.3 cm³/mol. The van der Waals surface area contributed by atoms with Crippen LogP contribution in [-0.4, -0.2) is 38.4 Å². The number of aryl methyl sites for hydroxylation is 2. The third kappa shape index (κ3) is 3.02. The third-order valence-corrected chi connectivity index (χ3v) is 4.22. The topological polar surface area (TPSA) is 64.2 Å². The van der Waals surface area contributed by atoms with Gasteiger partial charge >= 0.3 is 6.18 Å². The van der Waals surface area contributed by atoms with Gasteiger partial charge in [-0.05, 0) is 19.8 Å². The number of hydrogen-bond acceptors (Lipinski definition) is 4. The maximum atomic E-state index is 12.8. The van der Waals surface area contributed by atoms with E-state index in [-0.39, 0.29) is 17.5 Å². The number of oxazole rings is 1. The Hall–Kier alpha value is -2.32. The van der Waals surface area contributed by atoms with Gasteiger partial charge in [0.15, 0.2) is 17.8 Å². The zero-order valence-corrected chi connectivity index (χ0v) is 13.3. The molecule has 0 aliphatic carbocycles. The van der Waals surface area contributed by atoms with Crippen molar-refractivity contribution in [3.63, 3.8) is 0 Å². The number of halogens is 3. The highest BCUT2D eigenvalue weighted by molar-refractivity contribution is 5.93. The lowest BCUT2D eigenvalue weighted by Gasteiger charge is -2.32. The molecule has 0 spiro atoms. The number of aromatic nitrogens is 3. The van der Waals surface area contributed by atoms with Gasteiger partial charge in [0.2, 0.25) is 0 Å². The molecule has 3 heterocycles. The molecule has 1 atom stereocenters. The van der Waals surface area contributed by atoms with Crippen LogP contribution in [-0.2, 0) is 13.2 Å². The van der Waals surface area contributed by atoms with E-state index in [2.05, 4.69) is 9.97 Å². The summed E-state index contributed by atoms with van der Waals surface area (Å²) in [7, 11) is 1.54. The fraction of sp³-hybridized carbons (Fsp3) is 0.533. The van der Waals surface area contributed by atoms with Gasteiger partial charge in [-0.15, -0.1) is 0 Å². The molecule has 0 aromatic carbocycles. The second-order valence-electron chi connectivity index (χ2n) is 5.94. The predicted octanol–water partition coefficient (Wildman–Crippen LogP) is 2.76. The van der Waals surface area contributed by atoms with Crippen LogP contribution in [0.25, 0.3) is 0 Å². The molecular weight excluding hydrogens is 325 g/mol. The number of nitrogens with zero attached hydrogens (tertiary/aromatic N) is 4. The number of amides is 1. The van der Waals surface area contributed by atoms with E-state index >= 15 is 0 Å². The summed E-state index contributed by atoms with van der Waals surface area (Å²) in [6.45, 7) is 2.50. The number of likely N-dealkylation sites (tertiary alicyclic amines) is 1. The average Bonchev–Trinajstić information content (AvgIpc) is 3.12. The number of alkyl halides is 3. The maximum Gasteiger partial charge on any atom is 0.434 e. The Balaban J connectivity index is 1.80. The van der Waals surface area contributed by atoms with Crippen molar-refractivity contribution in [1.82, 2.24) is 19.4 Å². The largest absolute Gasteiger partial charge is 0.448 e. The van der Waals surface area contributed by atoms with Crippen LogP contribution in [0.4, 0.5) is 13.2 Å². The molecule has 6 nitrogen and oxygen atoms in total. The highest BCUT2D eigenvalue weighted by atomic mass is 19.4. The van der Waals surface area contributed by atoms with E-state index in [9.17, 15) is 18.0 Å². The van der Waals surface area contributed by atoms with Gasteiger partial charge in [0, 0.05) is 32.3 Å². The summed E-state index contributed by atoms with van der Waals surface area (Å²) >= 11 is 0. The van der Waals surface area contributed by atoms with Gasteiger partial charge in [0.05, 0.1) is 0 Å². The second kappa shape index (κ2) is 5.95. The van der Waals surface area contributed by atoms with Gasteiger partial charge in [-0.3, -0.25) is 4.79 Å². The zero-order valence-electron chi connectivity index (χ0n) is 13.3. The number of carbonyl (C=O) groups is 1. The number of imidazole rings is 1. The highest BCUT2D eigenvalue weighted by Crippen LogP contribution is 2.32. The minimum Gasteiger partial charge on any atom is -0.448 e. The SMILES string of the molecule is Cc1ocnc1C(=O)N1CCC[C@H](c2nc(C(F)(F)F)cn2C)C1. The molecule has 1 saturated heterocycles. The fourth-order valence-corrected chi connectivity index (χ4v) is 3.03. The van der Waals surface area contributed by atoms with E-state index < -0.39 is 11.9 Å². The standard InChI is InChI=1S/C15H17F3N4O2/c1-9-12(19-8-24-9)14(23)22-5-3-4-10(6-22)13-20-11(7-21(13)2)15(16,17)18/h7-8,10H,3-6H2,1-2H3/t10-/m0/s1. The zero-order chi connectivity index (χ0) is 17.5. The fourth-order valence-electron chi connectivity index (χ4n) is 3.03. The van der Waals surface area contributed by atoms with Crippen LogP contribution >= 0.6 is 0 Å². The summed E-state index contributed by atoms with van der Waals surface area (Å²) in [5.74, 6) is 0.266. The van der Waals surface area contributed by atoms with Crippen LogP contribution in [0.1, 0.15) is 46.5 Å². The van der Waals surface area contributed by atoms with Crippen LogP contribution in [0.2, 0.25) is 0 Å². The molecule has 1 aliphatic rings. The van der Waals surface area contributed by atoms with Gasteiger partial charge in [0.1, 0.15) is 11.6 Å². The van der Waals surface area contributed by atoms with Gasteiger partial charge in [0.25, 0.3) is 5.91 Å². The Bertz CT molecular complexity index is 750. The van der Waals surface area contributed by atoms with E-state index in [4.69, 9.17) is 4.42 Å². The Morgan fingerprint density at radius 3 is 2.75 bits per heavy atom. The van der Waals surface area contributed by atoms with Crippen LogP contribution in [0, 0.1) is 6.92 Å². The molecule has 9 heteroatoms. The van der Waals surface area contributed by atoms with Crippen molar-refractivity contribution >= 4 is 5.91 Å². The molecule has 24 heavy (non-hydrogen) atoms. The quantitative estimate of drug-likeness (QED) is 0.842. The molecule has 0 saturated carbocycles. The molecule has 130 valence electrons. The molecule has 3 rings (SSSR count). The lowest BCUT2D eigenvalue weighted by Crippen LogP contribution is -2.40. The van der Waals surface area contributed by atoms with E-state index in [0.29, 0.717) is 37.5 Å². The summed E-state index contributed by atoms with van der Waals surface area (Å²) in [6.07, 6.45) is -0.903. The number of carbonyl (C=O) groups excluding carboxylic acids is 1. The highest BCUT2D eigenvalue weighted by Gasteiger charge is 2.36. The van der Waals surface area contributed by atoms with Crippen molar-refractivity contribution in [1.29, 1.82) is 0 Å². The van der Waals surface area contributed by atoms with Gasteiger partial charge in [-0.2, -0.15) is 13.2 Å². The van der Waals surface area contributed by atoms with Crippen molar-refractivity contribution in [2.45, 2.75) is 31.9 Å². The molecule has 0 bridgehead atoms. The number of piperidine rings is 1. The van der Waals surface area contributed by atoms with Gasteiger partial charge in [-0.1, -0.05) is 0 Å². The normalized spacial score (nSPS) is 18.9. The summed E-state index contributed by atoms with van der Waals surface area (Å²) in [4.78, 5) is 21.8. The first-order valence-electron chi connectivity index (χ1n) is 7.57. The summed E-state index contributed by atoms with van der Waals surface area (Å²) in [5, 5.41) is 0. The molecule has 2 aromatic rings. The Kier molecular flexibility index (Phi) is 4.10. The second-order valence-corrected chi connectivity index (χ2v) is 5.94. The van der Waals surface area contributed by atoms with Crippen molar-refractivity contribution < 1.29 is 22.4 Å². The minimum atomic E-state index is -4.47. The molecule has 0 radical (unpaired) electrons. The van der Waals surface area contributed by atoms with E-state index in [0.717, 1.165) is 6.20 Å². The lowest BCUT2D eigenvalue weighted by molar-refractivity contribution is -0.141. The van der Waals surface area contributed by atoms with Crippen molar-refractivity contribution in [3.8, 4) is 0 Å². The minimum absolute atomic E-state index is 0.240. The van der Waals surface area contributed by atoms with Crippen molar-refractivity contribution in [3.05, 3.63) is 35.6 Å². The van der Waals surface area contributed by atoms with Crippen LogP contribution in [0.5, 0.6) is 0 Å². The van der Waals surface area contributed by atoms with Crippen LogP contribution < -0.4 is 0 Å². The monoisotopic (exact) mass is 342 g/mol. The summed E-state index contributed by atoms with van der Waals surface area (Å²) in [6, 6.07) is 0. The Morgan fingerprint density at radius 1 is 1.42 bits per heavy atom. The summed E-state index contributed by atoms with van der Waals surface area (Å²) < 4.78 is 44.9. The Labute approximate surface area is 136 Å². The first-order chi connectivity index (χ1) is 11.3. The van der Waals surface area contributed by atoms with Crippen LogP contribution in [0.3, 0.4) is 0 Å². The molecule has 0 unspecified atom stereocenters. The van der Waals surface area contributed by atoms with Crippen LogP contribution in [0.15, 0.2) is 17.0 Å². The van der Waals surface area contributed by atoms with E-state index in [1.807, 2.05) is 0 Å². The molecule has 1 aliphatic heterocycles. The Morgan fingerprint density at radius 2 is 2.17 bits per heavy atom. The lowest BCUT2D eigenvalue weighted by atomic mass is 9.97. The molecular formula is C15H17F3N4O2. The third-order valence-electron chi connectivity index (χ3n) is 4.22. The first kappa shape index (κ1) is 16.5. The molecule has 2 aromatic heterocycles. The van der Waals surface area contributed by atoms with Gasteiger partial charge in [-0.25, -0.2) is 9.97 Å². The maximum absolute atomic E-state index is 12.8. The summed E-state index contributed by atoms with van der Waals surface area (Å²) in [5.41, 5.74) is -0.665. The molecule has 1 fully saturated rings. The number of rotatable bonds is 2. The van der Waals surface area contributed by atoms with Crippen molar-refractivity contribution in [2.75, 3.05) is 13.1 Å². The van der Waals surface area contributed by atoms with E-state index in [1.54, 1.807) is 18.9 Å². The first-order valence-corrected chi connectivity index (χ1v) is 7.57. The van der Waals surface area contributed by atoms with Crippen molar-refractivity contribution in [2.24, 2.45) is 7.05 Å². The smallest absolute Gasteiger partial charge is 0.434 e. The molecule has 0 N–H and O–H groups in total. The number of hydrogen-bond donors (Lipinski definition) is 0. The average molecular weight is 342 g/mol. The van der Waals surface area contributed by atoms with Gasteiger partial charge < -0.3 is 13.9 Å². The molecule has 1 amide bonds.